The van der Waals surface area contributed by atoms with Crippen LogP contribution in [0, 0.1) is 0 Å². The summed E-state index contributed by atoms with van der Waals surface area (Å²) in [5, 5.41) is 3.48. The number of nitrogens with zero attached hydrogens (tertiary/aromatic N) is 2. The quantitative estimate of drug-likeness (QED) is 0.328. The molecule has 0 fully saturated rings. The van der Waals surface area contributed by atoms with Crippen LogP contribution in [0.15, 0.2) is 0 Å². The van der Waals surface area contributed by atoms with Gasteiger partial charge in [-0.3, -0.25) is 9.80 Å². The molecule has 0 aliphatic heterocycles. The van der Waals surface area contributed by atoms with Crippen molar-refractivity contribution in [1.82, 2.24) is 10.0 Å². The smallest absolute Gasteiger partial charge is 0.224 e. The Morgan fingerprint density at radius 3 is 2.27 bits per heavy atom. The van der Waals surface area contributed by atoms with E-state index in [-0.39, 0.29) is 0 Å². The van der Waals surface area contributed by atoms with Gasteiger partial charge < -0.3 is 0 Å². The molecule has 66 valence electrons. The molecule has 0 rings (SSSR count). The number of hydrogen-bond acceptors (Lipinski definition) is 2. The maximum absolute atomic E-state index is 10.4. The zero-order valence-electron chi connectivity index (χ0n) is 7.71. The van der Waals surface area contributed by atoms with Crippen LogP contribution in [-0.2, 0) is 4.79 Å². The van der Waals surface area contributed by atoms with Gasteiger partial charge >= 0.3 is 0 Å². The number of rotatable bonds is 6. The summed E-state index contributed by atoms with van der Waals surface area (Å²) in [6, 6.07) is 0. The predicted octanol–water partition coefficient (Wildman–Crippen LogP) is 1.11. The molecule has 0 atom stereocenters. The number of unbranched alkanes of at least 4 members (excludes halogenated alkanes) is 2. The molecule has 11 heavy (non-hydrogen) atoms. The minimum Gasteiger partial charge on any atom is -0.279 e. The van der Waals surface area contributed by atoms with Crippen LogP contribution < -0.4 is 0 Å². The van der Waals surface area contributed by atoms with Gasteiger partial charge in [0, 0.05) is 20.6 Å². The van der Waals surface area contributed by atoms with Crippen LogP contribution in [0.5, 0.6) is 0 Å². The molecule has 0 aliphatic carbocycles. The van der Waals surface area contributed by atoms with E-state index < -0.39 is 0 Å². The Balaban J connectivity index is 3.44. The average molecular weight is 158 g/mol. The van der Waals surface area contributed by atoms with Gasteiger partial charge in [-0.1, -0.05) is 19.8 Å². The van der Waals surface area contributed by atoms with E-state index in [1.165, 1.54) is 12.8 Å². The number of carbonyl (C=O) groups excluding carboxylic acids is 1. The lowest BCUT2D eigenvalue weighted by atomic mass is 10.2. The highest BCUT2D eigenvalue weighted by atomic mass is 16.1. The summed E-state index contributed by atoms with van der Waals surface area (Å²) in [4.78, 5) is 10.4. The molecule has 3 heteroatoms. The summed E-state index contributed by atoms with van der Waals surface area (Å²) in [5.74, 6) is 0. The van der Waals surface area contributed by atoms with Crippen molar-refractivity contribution in [2.45, 2.75) is 26.2 Å². The summed E-state index contributed by atoms with van der Waals surface area (Å²) in [5.41, 5.74) is 0. The Morgan fingerprint density at radius 2 is 1.91 bits per heavy atom. The molecule has 0 aromatic heterocycles. The van der Waals surface area contributed by atoms with E-state index in [9.17, 15) is 4.79 Å². The van der Waals surface area contributed by atoms with E-state index in [2.05, 4.69) is 6.92 Å². The first-order valence-electron chi connectivity index (χ1n) is 4.11. The van der Waals surface area contributed by atoms with Crippen molar-refractivity contribution in [3.8, 4) is 0 Å². The van der Waals surface area contributed by atoms with Crippen LogP contribution in [0.2, 0.25) is 0 Å². The van der Waals surface area contributed by atoms with E-state index in [0.717, 1.165) is 19.4 Å². The standard InChI is InChI=1S/C8H18N2O/c1-4-5-6-7-10(8-11)9(2)3/h8H,4-7H2,1-3H3. The highest BCUT2D eigenvalue weighted by Crippen LogP contribution is 1.96. The third kappa shape index (κ3) is 4.79. The van der Waals surface area contributed by atoms with Crippen molar-refractivity contribution in [3.05, 3.63) is 0 Å². The molecule has 0 spiro atoms. The van der Waals surface area contributed by atoms with Crippen molar-refractivity contribution in [3.63, 3.8) is 0 Å². The Kier molecular flexibility index (Phi) is 5.84. The second-order valence-electron chi connectivity index (χ2n) is 2.82. The third-order valence-electron chi connectivity index (χ3n) is 1.63. The molecule has 0 N–H and O–H groups in total. The van der Waals surface area contributed by atoms with Gasteiger partial charge in [0.1, 0.15) is 0 Å². The largest absolute Gasteiger partial charge is 0.279 e. The van der Waals surface area contributed by atoms with Crippen LogP contribution in [-0.4, -0.2) is 37.1 Å². The van der Waals surface area contributed by atoms with Crippen LogP contribution in [0.25, 0.3) is 0 Å². The van der Waals surface area contributed by atoms with Gasteiger partial charge in [0.05, 0.1) is 0 Å². The van der Waals surface area contributed by atoms with Crippen LogP contribution in [0.4, 0.5) is 0 Å². The maximum Gasteiger partial charge on any atom is 0.224 e. The molecule has 0 saturated carbocycles. The monoisotopic (exact) mass is 158 g/mol. The Labute approximate surface area is 68.9 Å². The number of hydrogen-bond donors (Lipinski definition) is 0. The van der Waals surface area contributed by atoms with Gasteiger partial charge in [-0.2, -0.15) is 0 Å². The summed E-state index contributed by atoms with van der Waals surface area (Å²) in [7, 11) is 3.75. The molecule has 0 radical (unpaired) electrons. The molecular weight excluding hydrogens is 140 g/mol. The normalized spacial score (nSPS) is 10.2. The van der Waals surface area contributed by atoms with E-state index in [1.807, 2.05) is 19.1 Å². The highest BCUT2D eigenvalue weighted by molar-refractivity contribution is 5.45. The Hall–Kier alpha value is -0.570. The van der Waals surface area contributed by atoms with Crippen molar-refractivity contribution >= 4 is 6.41 Å². The second-order valence-corrected chi connectivity index (χ2v) is 2.82. The van der Waals surface area contributed by atoms with Crippen LogP contribution >= 0.6 is 0 Å². The van der Waals surface area contributed by atoms with Gasteiger partial charge in [0.25, 0.3) is 0 Å². The lowest BCUT2D eigenvalue weighted by molar-refractivity contribution is -0.130. The Bertz CT molecular complexity index is 104. The lowest BCUT2D eigenvalue weighted by Crippen LogP contribution is -2.36. The first-order valence-corrected chi connectivity index (χ1v) is 4.11. The van der Waals surface area contributed by atoms with E-state index in [0.29, 0.717) is 0 Å². The molecule has 0 bridgehead atoms. The van der Waals surface area contributed by atoms with Gasteiger partial charge in [-0.15, -0.1) is 0 Å². The SMILES string of the molecule is CCCCCN(C=O)N(C)C. The van der Waals surface area contributed by atoms with Gasteiger partial charge in [-0.05, 0) is 6.42 Å². The van der Waals surface area contributed by atoms with E-state index in [4.69, 9.17) is 0 Å². The predicted molar refractivity (Wildman–Crippen MR) is 46.0 cm³/mol. The first-order chi connectivity index (χ1) is 5.22. The molecule has 0 aromatic rings. The van der Waals surface area contributed by atoms with E-state index >= 15 is 0 Å². The van der Waals surface area contributed by atoms with Crippen molar-refractivity contribution in [2.24, 2.45) is 0 Å². The average Bonchev–Trinajstić information content (AvgIpc) is 1.97. The fourth-order valence-corrected chi connectivity index (χ4v) is 0.871. The van der Waals surface area contributed by atoms with Gasteiger partial charge in [-0.25, -0.2) is 5.01 Å². The summed E-state index contributed by atoms with van der Waals surface area (Å²) in [6.07, 6.45) is 4.35. The number of amides is 1. The minimum absolute atomic E-state index is 0.838. The third-order valence-corrected chi connectivity index (χ3v) is 1.63. The number of hydrazine groups is 1. The second kappa shape index (κ2) is 6.16. The minimum atomic E-state index is 0.838. The molecule has 3 nitrogen and oxygen atoms in total. The molecule has 0 heterocycles. The summed E-state index contributed by atoms with van der Waals surface area (Å²) in [6.45, 7) is 2.99. The van der Waals surface area contributed by atoms with Gasteiger partial charge in [0.15, 0.2) is 0 Å². The molecule has 1 amide bonds. The van der Waals surface area contributed by atoms with Crippen molar-refractivity contribution in [1.29, 1.82) is 0 Å². The fraction of sp³-hybridized carbons (Fsp3) is 0.875. The fourth-order valence-electron chi connectivity index (χ4n) is 0.871. The number of carbonyl (C=O) groups is 1. The molecular formula is C8H18N2O. The lowest BCUT2D eigenvalue weighted by Gasteiger charge is -2.23. The molecule has 0 aliphatic rings. The van der Waals surface area contributed by atoms with Crippen molar-refractivity contribution in [2.75, 3.05) is 20.6 Å². The summed E-state index contributed by atoms with van der Waals surface area (Å²) >= 11 is 0. The Morgan fingerprint density at radius 1 is 1.27 bits per heavy atom. The van der Waals surface area contributed by atoms with Crippen LogP contribution in [0.3, 0.4) is 0 Å². The zero-order valence-corrected chi connectivity index (χ0v) is 7.71. The zero-order chi connectivity index (χ0) is 8.69. The maximum atomic E-state index is 10.4. The summed E-state index contributed by atoms with van der Waals surface area (Å²) < 4.78 is 0. The van der Waals surface area contributed by atoms with E-state index in [1.54, 1.807) is 5.01 Å². The van der Waals surface area contributed by atoms with Crippen LogP contribution in [0.1, 0.15) is 26.2 Å². The highest BCUT2D eigenvalue weighted by Gasteiger charge is 2.01. The van der Waals surface area contributed by atoms with Crippen molar-refractivity contribution < 1.29 is 4.79 Å². The molecule has 0 unspecified atom stereocenters. The molecule has 0 saturated heterocycles. The molecule has 0 aromatic carbocycles. The first kappa shape index (κ1) is 10.4. The van der Waals surface area contributed by atoms with Gasteiger partial charge in [0.2, 0.25) is 6.41 Å². The topological polar surface area (TPSA) is 23.6 Å².